The van der Waals surface area contributed by atoms with Gasteiger partial charge in [0.05, 0.1) is 5.60 Å². The van der Waals surface area contributed by atoms with Gasteiger partial charge in [0, 0.05) is 6.54 Å². The van der Waals surface area contributed by atoms with Gasteiger partial charge in [-0.1, -0.05) is 18.6 Å². The highest BCUT2D eigenvalue weighted by Crippen LogP contribution is 2.19. The normalized spacial score (nSPS) is 20.9. The third kappa shape index (κ3) is 5.33. The standard InChI is InChI=1S/C13H25NO/c1-3-13(2,15)11-14-10-9-12-7-5-4-6-8-12/h7,14-15H,3-6,8-11H2,1-2H3. The highest BCUT2D eigenvalue weighted by molar-refractivity contribution is 5.05. The summed E-state index contributed by atoms with van der Waals surface area (Å²) in [5, 5.41) is 13.1. The summed E-state index contributed by atoms with van der Waals surface area (Å²) >= 11 is 0. The summed E-state index contributed by atoms with van der Waals surface area (Å²) in [6.45, 7) is 5.62. The molecule has 1 unspecified atom stereocenters. The molecule has 15 heavy (non-hydrogen) atoms. The van der Waals surface area contributed by atoms with E-state index in [9.17, 15) is 5.11 Å². The Balaban J connectivity index is 2.08. The van der Waals surface area contributed by atoms with E-state index in [4.69, 9.17) is 0 Å². The Labute approximate surface area is 93.8 Å². The summed E-state index contributed by atoms with van der Waals surface area (Å²) in [5.74, 6) is 0. The molecule has 0 amide bonds. The van der Waals surface area contributed by atoms with Crippen LogP contribution in [0.2, 0.25) is 0 Å². The molecule has 1 rings (SSSR count). The second-order valence-electron chi connectivity index (χ2n) is 4.89. The van der Waals surface area contributed by atoms with Gasteiger partial charge in [-0.3, -0.25) is 0 Å². The molecule has 2 N–H and O–H groups in total. The molecule has 0 saturated heterocycles. The van der Waals surface area contributed by atoms with Crippen LogP contribution < -0.4 is 5.32 Å². The number of hydrogen-bond acceptors (Lipinski definition) is 2. The lowest BCUT2D eigenvalue weighted by Crippen LogP contribution is -2.37. The topological polar surface area (TPSA) is 32.3 Å². The summed E-state index contributed by atoms with van der Waals surface area (Å²) in [7, 11) is 0. The zero-order valence-electron chi connectivity index (χ0n) is 10.2. The van der Waals surface area contributed by atoms with E-state index >= 15 is 0 Å². The minimum absolute atomic E-state index is 0.541. The first-order valence-electron chi connectivity index (χ1n) is 6.25. The zero-order chi connectivity index (χ0) is 11.1. The van der Waals surface area contributed by atoms with Gasteiger partial charge in [-0.25, -0.2) is 0 Å². The maximum Gasteiger partial charge on any atom is 0.0740 e. The molecule has 0 aromatic rings. The van der Waals surface area contributed by atoms with E-state index in [1.54, 1.807) is 5.57 Å². The van der Waals surface area contributed by atoms with Crippen molar-refractivity contribution >= 4 is 0 Å². The van der Waals surface area contributed by atoms with Crippen LogP contribution >= 0.6 is 0 Å². The SMILES string of the molecule is CCC(C)(O)CNCCC1=CCCCC1. The van der Waals surface area contributed by atoms with Gasteiger partial charge in [-0.05, 0) is 52.0 Å². The minimum Gasteiger partial charge on any atom is -0.389 e. The zero-order valence-corrected chi connectivity index (χ0v) is 10.2. The highest BCUT2D eigenvalue weighted by Gasteiger charge is 2.16. The fraction of sp³-hybridized carbons (Fsp3) is 0.846. The van der Waals surface area contributed by atoms with E-state index in [2.05, 4.69) is 11.4 Å². The van der Waals surface area contributed by atoms with Gasteiger partial charge in [0.2, 0.25) is 0 Å². The van der Waals surface area contributed by atoms with Crippen LogP contribution in [-0.4, -0.2) is 23.8 Å². The van der Waals surface area contributed by atoms with Crippen molar-refractivity contribution in [2.75, 3.05) is 13.1 Å². The first kappa shape index (κ1) is 12.7. The molecule has 88 valence electrons. The van der Waals surface area contributed by atoms with E-state index in [1.807, 2.05) is 13.8 Å². The van der Waals surface area contributed by atoms with Crippen molar-refractivity contribution in [2.45, 2.75) is 58.0 Å². The van der Waals surface area contributed by atoms with Crippen LogP contribution in [-0.2, 0) is 0 Å². The van der Waals surface area contributed by atoms with E-state index in [0.29, 0.717) is 6.54 Å². The lowest BCUT2D eigenvalue weighted by molar-refractivity contribution is 0.0561. The molecule has 1 aliphatic carbocycles. The van der Waals surface area contributed by atoms with Crippen molar-refractivity contribution in [2.24, 2.45) is 0 Å². The fourth-order valence-electron chi connectivity index (χ4n) is 1.86. The molecule has 2 nitrogen and oxygen atoms in total. The molecule has 0 spiro atoms. The third-order valence-electron chi connectivity index (χ3n) is 3.28. The lowest BCUT2D eigenvalue weighted by atomic mass is 9.97. The van der Waals surface area contributed by atoms with Gasteiger partial charge in [0.1, 0.15) is 0 Å². The quantitative estimate of drug-likeness (QED) is 0.523. The van der Waals surface area contributed by atoms with Crippen LogP contribution in [0.1, 0.15) is 52.4 Å². The molecular formula is C13H25NO. The maximum absolute atomic E-state index is 9.78. The third-order valence-corrected chi connectivity index (χ3v) is 3.28. The number of nitrogens with one attached hydrogen (secondary N) is 1. The first-order valence-corrected chi connectivity index (χ1v) is 6.25. The predicted octanol–water partition coefficient (Wildman–Crippen LogP) is 2.63. The number of aliphatic hydroxyl groups is 1. The first-order chi connectivity index (χ1) is 7.14. The van der Waals surface area contributed by atoms with Crippen LogP contribution in [0.15, 0.2) is 11.6 Å². The van der Waals surface area contributed by atoms with E-state index in [0.717, 1.165) is 19.4 Å². The van der Waals surface area contributed by atoms with Crippen molar-refractivity contribution < 1.29 is 5.11 Å². The monoisotopic (exact) mass is 211 g/mol. The summed E-state index contributed by atoms with van der Waals surface area (Å²) in [6.07, 6.45) is 9.62. The molecule has 0 bridgehead atoms. The second kappa shape index (κ2) is 6.29. The maximum atomic E-state index is 9.78. The molecule has 0 aliphatic heterocycles. The molecule has 0 heterocycles. The van der Waals surface area contributed by atoms with E-state index < -0.39 is 5.60 Å². The Kier molecular flexibility index (Phi) is 5.34. The fourth-order valence-corrected chi connectivity index (χ4v) is 1.86. The number of rotatable bonds is 6. The molecule has 0 fully saturated rings. The van der Waals surface area contributed by atoms with Gasteiger partial charge >= 0.3 is 0 Å². The minimum atomic E-state index is -0.541. The molecule has 1 atom stereocenters. The lowest BCUT2D eigenvalue weighted by Gasteiger charge is -2.22. The summed E-state index contributed by atoms with van der Waals surface area (Å²) in [5.41, 5.74) is 1.06. The summed E-state index contributed by atoms with van der Waals surface area (Å²) < 4.78 is 0. The molecule has 1 aliphatic rings. The Morgan fingerprint density at radius 1 is 1.47 bits per heavy atom. The van der Waals surface area contributed by atoms with Crippen molar-refractivity contribution in [1.82, 2.24) is 5.32 Å². The molecular weight excluding hydrogens is 186 g/mol. The van der Waals surface area contributed by atoms with Crippen molar-refractivity contribution in [3.8, 4) is 0 Å². The van der Waals surface area contributed by atoms with E-state index in [-0.39, 0.29) is 0 Å². The van der Waals surface area contributed by atoms with Gasteiger partial charge in [0.25, 0.3) is 0 Å². The smallest absolute Gasteiger partial charge is 0.0740 e. The molecule has 0 radical (unpaired) electrons. The van der Waals surface area contributed by atoms with Crippen LogP contribution in [0.25, 0.3) is 0 Å². The predicted molar refractivity (Wildman–Crippen MR) is 65.0 cm³/mol. The summed E-state index contributed by atoms with van der Waals surface area (Å²) in [4.78, 5) is 0. The Morgan fingerprint density at radius 3 is 2.87 bits per heavy atom. The number of allylic oxidation sites excluding steroid dienone is 1. The molecule has 0 aromatic heterocycles. The Bertz CT molecular complexity index is 209. The van der Waals surface area contributed by atoms with Gasteiger partial charge in [0.15, 0.2) is 0 Å². The van der Waals surface area contributed by atoms with Crippen molar-refractivity contribution in [1.29, 1.82) is 0 Å². The number of hydrogen-bond donors (Lipinski definition) is 2. The summed E-state index contributed by atoms with van der Waals surface area (Å²) in [6, 6.07) is 0. The van der Waals surface area contributed by atoms with E-state index in [1.165, 1.54) is 25.7 Å². The Hall–Kier alpha value is -0.340. The van der Waals surface area contributed by atoms with Crippen LogP contribution in [0.4, 0.5) is 0 Å². The van der Waals surface area contributed by atoms with Crippen molar-refractivity contribution in [3.63, 3.8) is 0 Å². The average molecular weight is 211 g/mol. The van der Waals surface area contributed by atoms with Crippen LogP contribution in [0.5, 0.6) is 0 Å². The second-order valence-corrected chi connectivity index (χ2v) is 4.89. The molecule has 2 heteroatoms. The Morgan fingerprint density at radius 2 is 2.27 bits per heavy atom. The van der Waals surface area contributed by atoms with Gasteiger partial charge in [-0.2, -0.15) is 0 Å². The van der Waals surface area contributed by atoms with Crippen LogP contribution in [0.3, 0.4) is 0 Å². The molecule has 0 aromatic carbocycles. The largest absolute Gasteiger partial charge is 0.389 e. The van der Waals surface area contributed by atoms with Gasteiger partial charge < -0.3 is 10.4 Å². The average Bonchev–Trinajstić information content (AvgIpc) is 2.26. The van der Waals surface area contributed by atoms with Crippen molar-refractivity contribution in [3.05, 3.63) is 11.6 Å². The highest BCUT2D eigenvalue weighted by atomic mass is 16.3. The van der Waals surface area contributed by atoms with Gasteiger partial charge in [-0.15, -0.1) is 0 Å². The van der Waals surface area contributed by atoms with Crippen LogP contribution in [0, 0.1) is 0 Å². The molecule has 0 saturated carbocycles.